The summed E-state index contributed by atoms with van der Waals surface area (Å²) in [5.74, 6) is -2.62. The lowest BCUT2D eigenvalue weighted by atomic mass is 10.0. The smallest absolute Gasteiger partial charge is 0.341 e. The summed E-state index contributed by atoms with van der Waals surface area (Å²) in [5.41, 5.74) is 0.829. The van der Waals surface area contributed by atoms with Crippen LogP contribution in [0.1, 0.15) is 46.1 Å². The number of urea groups is 2. The van der Waals surface area contributed by atoms with Gasteiger partial charge in [-0.25, -0.2) is 37.2 Å². The average Bonchev–Trinajstić information content (AvgIpc) is 4.00. The molecule has 308 valence electrons. The SMILES string of the molecule is Cc1nnc(Br)s1.Cc1nnc(N2CCN(C(=O)N3N=CC[C@H]3c3cc(F)cc(F)c3)CC2)s1.O=C(N1CCNCC1)N1N=CC[C@H]1c1cc(F)cc(F)c1.S.S. The fourth-order valence-electron chi connectivity index (χ4n) is 6.21. The maximum atomic E-state index is 13.6. The van der Waals surface area contributed by atoms with E-state index in [0.717, 1.165) is 44.3 Å². The number of carbonyl (C=O) groups excluding carboxylic acids is 2. The average molecular weight is 934 g/mol. The Balaban J connectivity index is 0.000000213. The number of benzene rings is 2. The van der Waals surface area contributed by atoms with Crippen molar-refractivity contribution in [2.24, 2.45) is 10.2 Å². The van der Waals surface area contributed by atoms with Crippen LogP contribution in [-0.2, 0) is 0 Å². The minimum Gasteiger partial charge on any atom is -0.343 e. The van der Waals surface area contributed by atoms with Gasteiger partial charge < -0.3 is 20.0 Å². The molecule has 4 amide bonds. The number of piperazine rings is 2. The maximum absolute atomic E-state index is 13.6. The number of hydrogen-bond donors (Lipinski definition) is 1. The number of nitrogens with zero attached hydrogens (tertiary/aromatic N) is 11. The summed E-state index contributed by atoms with van der Waals surface area (Å²) in [4.78, 5) is 30.9. The van der Waals surface area contributed by atoms with Crippen molar-refractivity contribution in [1.29, 1.82) is 0 Å². The third kappa shape index (κ3) is 12.1. The second-order valence-electron chi connectivity index (χ2n) is 12.6. The van der Waals surface area contributed by atoms with Crippen LogP contribution in [-0.4, -0.2) is 117 Å². The summed E-state index contributed by atoms with van der Waals surface area (Å²) in [5, 5.41) is 32.4. The highest BCUT2D eigenvalue weighted by atomic mass is 79.9. The molecule has 2 aromatic heterocycles. The standard InChI is InChI=1S/C17H18F2N6OS.C14H16F2N4O.C3H3BrN2S.2H2S/c1-11-21-22-16(27-11)23-4-6-24(7-5-23)17(26)25-15(2-3-20-25)12-8-13(18)10-14(19)9-12;15-11-7-10(8-12(16)9-11)13-1-2-18-20(13)14(21)19-5-3-17-4-6-19;1-2-5-6-3(4)7-2;;/h3,8-10,15H,2,4-7H2,1H3;2,7-9,13,17H,1,3-6H2;1H3;2*1H2/t15-;13-;;;/m00.../s1. The fourth-order valence-corrected chi connectivity index (χ4v) is 8.14. The van der Waals surface area contributed by atoms with E-state index in [1.807, 2.05) is 13.8 Å². The van der Waals surface area contributed by atoms with Gasteiger partial charge in [-0.2, -0.15) is 37.2 Å². The van der Waals surface area contributed by atoms with E-state index < -0.39 is 35.4 Å². The molecule has 57 heavy (non-hydrogen) atoms. The van der Waals surface area contributed by atoms with Crippen LogP contribution in [0.4, 0.5) is 32.3 Å². The van der Waals surface area contributed by atoms with Crippen molar-refractivity contribution in [2.75, 3.05) is 57.3 Å². The number of aromatic nitrogens is 4. The number of carbonyl (C=O) groups is 2. The van der Waals surface area contributed by atoms with Crippen LogP contribution in [0, 0.1) is 37.1 Å². The van der Waals surface area contributed by atoms with E-state index in [1.54, 1.807) is 22.2 Å². The van der Waals surface area contributed by atoms with Crippen LogP contribution < -0.4 is 10.2 Å². The van der Waals surface area contributed by atoms with E-state index in [1.165, 1.54) is 57.0 Å². The molecule has 0 saturated carbocycles. The summed E-state index contributed by atoms with van der Waals surface area (Å²) in [7, 11) is 0. The molecule has 14 nitrogen and oxygen atoms in total. The van der Waals surface area contributed by atoms with Gasteiger partial charge in [0.25, 0.3) is 0 Å². The number of hydrogen-bond acceptors (Lipinski definition) is 12. The second kappa shape index (κ2) is 21.2. The normalized spacial score (nSPS) is 18.6. The van der Waals surface area contributed by atoms with Gasteiger partial charge in [-0.05, 0) is 65.2 Å². The van der Waals surface area contributed by atoms with Crippen molar-refractivity contribution in [3.63, 3.8) is 0 Å². The highest BCUT2D eigenvalue weighted by molar-refractivity contribution is 9.11. The number of anilines is 1. The molecule has 0 bridgehead atoms. The highest BCUT2D eigenvalue weighted by Crippen LogP contribution is 2.32. The molecule has 6 heterocycles. The van der Waals surface area contributed by atoms with Crippen molar-refractivity contribution in [1.82, 2.24) is 45.5 Å². The van der Waals surface area contributed by atoms with Crippen molar-refractivity contribution in [3.8, 4) is 0 Å². The van der Waals surface area contributed by atoms with Gasteiger partial charge in [0.1, 0.15) is 33.3 Å². The van der Waals surface area contributed by atoms with Crippen LogP contribution in [0.5, 0.6) is 0 Å². The summed E-state index contributed by atoms with van der Waals surface area (Å²) < 4.78 is 54.7. The molecule has 0 aliphatic carbocycles. The van der Waals surface area contributed by atoms with Gasteiger partial charge in [0.15, 0.2) is 3.92 Å². The molecule has 2 aromatic carbocycles. The molecule has 2 saturated heterocycles. The fraction of sp³-hybridized carbons (Fsp3) is 0.412. The molecule has 0 spiro atoms. The number of rotatable bonds is 3. The quantitative estimate of drug-likeness (QED) is 0.235. The molecule has 8 rings (SSSR count). The van der Waals surface area contributed by atoms with Crippen molar-refractivity contribution < 1.29 is 27.2 Å². The first-order valence-corrected chi connectivity index (χ1v) is 19.7. The van der Waals surface area contributed by atoms with E-state index in [-0.39, 0.29) is 39.1 Å². The maximum Gasteiger partial charge on any atom is 0.341 e. The monoisotopic (exact) mass is 932 g/mol. The summed E-state index contributed by atoms with van der Waals surface area (Å²) in [6, 6.07) is 5.22. The van der Waals surface area contributed by atoms with Gasteiger partial charge in [0, 0.05) is 89.8 Å². The van der Waals surface area contributed by atoms with Gasteiger partial charge in [-0.3, -0.25) is 0 Å². The molecular formula is C34H41BrF4N12O2S4. The summed E-state index contributed by atoms with van der Waals surface area (Å²) in [6.45, 7) is 8.86. The lowest BCUT2D eigenvalue weighted by Gasteiger charge is -2.36. The second-order valence-corrected chi connectivity index (χ2v) is 16.3. The van der Waals surface area contributed by atoms with Crippen molar-refractivity contribution in [2.45, 2.75) is 38.8 Å². The molecule has 4 aliphatic heterocycles. The van der Waals surface area contributed by atoms with Crippen LogP contribution in [0.2, 0.25) is 0 Å². The number of hydrazone groups is 2. The first-order valence-electron chi connectivity index (χ1n) is 17.3. The molecule has 2 fully saturated rings. The van der Waals surface area contributed by atoms with Crippen LogP contribution in [0.3, 0.4) is 0 Å². The van der Waals surface area contributed by atoms with Crippen LogP contribution in [0.25, 0.3) is 0 Å². The number of amides is 4. The van der Waals surface area contributed by atoms with E-state index in [2.05, 4.69) is 56.7 Å². The molecule has 23 heteroatoms. The van der Waals surface area contributed by atoms with Gasteiger partial charge in [0.2, 0.25) is 5.13 Å². The lowest BCUT2D eigenvalue weighted by Crippen LogP contribution is -2.52. The van der Waals surface area contributed by atoms with Crippen LogP contribution in [0.15, 0.2) is 50.5 Å². The van der Waals surface area contributed by atoms with Gasteiger partial charge >= 0.3 is 12.1 Å². The zero-order chi connectivity index (χ0) is 39.1. The third-order valence-corrected chi connectivity index (χ3v) is 11.0. The molecule has 4 aliphatic rings. The first-order chi connectivity index (χ1) is 26.4. The Morgan fingerprint density at radius 3 is 1.47 bits per heavy atom. The Hall–Kier alpha value is -3.90. The Morgan fingerprint density at radius 1 is 0.649 bits per heavy atom. The largest absolute Gasteiger partial charge is 0.343 e. The molecule has 1 N–H and O–H groups in total. The predicted octanol–water partition coefficient (Wildman–Crippen LogP) is 6.36. The topological polar surface area (TPSA) is 139 Å². The highest BCUT2D eigenvalue weighted by Gasteiger charge is 2.35. The molecule has 0 unspecified atom stereocenters. The van der Waals surface area contributed by atoms with Crippen molar-refractivity contribution in [3.05, 3.63) is 84.7 Å². The van der Waals surface area contributed by atoms with Crippen LogP contribution >= 0.6 is 65.6 Å². The molecule has 0 radical (unpaired) electrons. The zero-order valence-corrected chi connectivity index (χ0v) is 36.0. The van der Waals surface area contributed by atoms with E-state index >= 15 is 0 Å². The Kier molecular flexibility index (Phi) is 17.0. The lowest BCUT2D eigenvalue weighted by molar-refractivity contribution is 0.136. The third-order valence-electron chi connectivity index (χ3n) is 8.82. The number of aryl methyl sites for hydroxylation is 2. The molecular weight excluding hydrogens is 893 g/mol. The minimum atomic E-state index is -0.662. The molecule has 2 atom stereocenters. The minimum absolute atomic E-state index is 0. The van der Waals surface area contributed by atoms with Gasteiger partial charge in [-0.15, -0.1) is 20.4 Å². The van der Waals surface area contributed by atoms with Gasteiger partial charge in [-0.1, -0.05) is 22.7 Å². The summed E-state index contributed by atoms with van der Waals surface area (Å²) in [6.07, 6.45) is 4.10. The number of nitrogens with one attached hydrogen (secondary N) is 1. The van der Waals surface area contributed by atoms with Gasteiger partial charge in [0.05, 0.1) is 12.1 Å². The first kappa shape index (κ1) is 45.8. The van der Waals surface area contributed by atoms with Crippen molar-refractivity contribution >= 4 is 95.2 Å². The Labute approximate surface area is 357 Å². The Morgan fingerprint density at radius 2 is 1.09 bits per heavy atom. The Bertz CT molecular complexity index is 1970. The summed E-state index contributed by atoms with van der Waals surface area (Å²) >= 11 is 6.24. The van der Waals surface area contributed by atoms with E-state index in [9.17, 15) is 27.2 Å². The predicted molar refractivity (Wildman–Crippen MR) is 225 cm³/mol. The van der Waals surface area contributed by atoms with E-state index in [4.69, 9.17) is 0 Å². The number of halogens is 5. The zero-order valence-electron chi connectivity index (χ0n) is 30.8. The molecule has 4 aromatic rings. The van der Waals surface area contributed by atoms with E-state index in [0.29, 0.717) is 63.2 Å².